The Morgan fingerprint density at radius 3 is 2.86 bits per heavy atom. The van der Waals surface area contributed by atoms with E-state index in [0.717, 1.165) is 0 Å². The second kappa shape index (κ2) is 7.18. The fraction of sp³-hybridized carbons (Fsp3) is 0.105. The van der Waals surface area contributed by atoms with Crippen LogP contribution in [0.2, 0.25) is 10.0 Å². The third-order valence-electron chi connectivity index (χ3n) is 4.40. The summed E-state index contributed by atoms with van der Waals surface area (Å²) in [6.45, 7) is 1.78. The van der Waals surface area contributed by atoms with Crippen molar-refractivity contribution in [3.63, 3.8) is 0 Å². The zero-order chi connectivity index (χ0) is 19.8. The van der Waals surface area contributed by atoms with Gasteiger partial charge in [0.15, 0.2) is 0 Å². The quantitative estimate of drug-likeness (QED) is 0.595. The lowest BCUT2D eigenvalue weighted by Gasteiger charge is -2.28. The zero-order valence-corrected chi connectivity index (χ0v) is 16.2. The number of fused-ring (bicyclic) bond motifs is 1. The lowest BCUT2D eigenvalue weighted by Crippen LogP contribution is -2.31. The van der Waals surface area contributed by atoms with E-state index in [1.165, 1.54) is 6.33 Å². The Labute approximate surface area is 170 Å². The molecule has 1 aliphatic rings. The lowest BCUT2D eigenvalue weighted by atomic mass is 9.95. The number of phenolic OH excluding ortho intramolecular Hbond substituents is 1. The highest BCUT2D eigenvalue weighted by Gasteiger charge is 2.33. The Bertz CT molecular complexity index is 1110. The Hall–Kier alpha value is -3.03. The smallest absolute Gasteiger partial charge is 0.255 e. The fourth-order valence-electron chi connectivity index (χ4n) is 3.17. The molecule has 9 heteroatoms. The Morgan fingerprint density at radius 2 is 2.07 bits per heavy atom. The van der Waals surface area contributed by atoms with Crippen LogP contribution in [0.25, 0.3) is 0 Å². The summed E-state index contributed by atoms with van der Waals surface area (Å²) in [5.74, 6) is 0.222. The van der Waals surface area contributed by atoms with Crippen LogP contribution in [0.4, 0.5) is 11.6 Å². The van der Waals surface area contributed by atoms with Crippen LogP contribution in [0.15, 0.2) is 60.1 Å². The Morgan fingerprint density at radius 1 is 1.25 bits per heavy atom. The molecule has 0 saturated heterocycles. The minimum absolute atomic E-state index is 0.0907. The maximum atomic E-state index is 13.2. The van der Waals surface area contributed by atoms with Gasteiger partial charge in [-0.2, -0.15) is 10.1 Å². The number of amides is 1. The van der Waals surface area contributed by atoms with Gasteiger partial charge in [-0.3, -0.25) is 4.79 Å². The third kappa shape index (κ3) is 3.30. The number of hydrogen-bond donors (Lipinski definition) is 3. The number of allylic oxidation sites excluding steroid dienone is 1. The van der Waals surface area contributed by atoms with E-state index in [0.29, 0.717) is 38.5 Å². The highest BCUT2D eigenvalue weighted by molar-refractivity contribution is 6.35. The van der Waals surface area contributed by atoms with Gasteiger partial charge in [-0.1, -0.05) is 35.3 Å². The second-order valence-electron chi connectivity index (χ2n) is 6.27. The van der Waals surface area contributed by atoms with Gasteiger partial charge in [-0.05, 0) is 42.8 Å². The Kier molecular flexibility index (Phi) is 4.70. The largest absolute Gasteiger partial charge is 0.508 e. The number of carbonyl (C=O) groups is 1. The lowest BCUT2D eigenvalue weighted by molar-refractivity contribution is -0.113. The van der Waals surface area contributed by atoms with E-state index in [-0.39, 0.29) is 11.7 Å². The molecule has 2 aromatic carbocycles. The van der Waals surface area contributed by atoms with Crippen molar-refractivity contribution in [1.29, 1.82) is 0 Å². The molecule has 7 nitrogen and oxygen atoms in total. The SMILES string of the molecule is CC1=C(C(=O)Nc2cc(Cl)ccc2Cl)C(c2cccc(O)c2)n2ncnc2N1. The number of nitrogens with zero attached hydrogens (tertiary/aromatic N) is 3. The van der Waals surface area contributed by atoms with Crippen LogP contribution in [0.1, 0.15) is 18.5 Å². The molecule has 1 aromatic heterocycles. The number of hydrogen-bond acceptors (Lipinski definition) is 5. The average Bonchev–Trinajstić information content (AvgIpc) is 3.11. The van der Waals surface area contributed by atoms with E-state index >= 15 is 0 Å². The molecule has 1 aliphatic heterocycles. The second-order valence-corrected chi connectivity index (χ2v) is 7.11. The molecule has 0 fully saturated rings. The first-order valence-corrected chi connectivity index (χ1v) is 9.12. The van der Waals surface area contributed by atoms with Crippen LogP contribution in [0.3, 0.4) is 0 Å². The number of rotatable bonds is 3. The molecule has 1 atom stereocenters. The van der Waals surface area contributed by atoms with Crippen LogP contribution in [0, 0.1) is 0 Å². The van der Waals surface area contributed by atoms with Crippen molar-refractivity contribution in [2.45, 2.75) is 13.0 Å². The molecule has 0 saturated carbocycles. The average molecular weight is 416 g/mol. The summed E-state index contributed by atoms with van der Waals surface area (Å²) in [5, 5.41) is 20.9. The number of phenols is 1. The van der Waals surface area contributed by atoms with Crippen LogP contribution >= 0.6 is 23.2 Å². The molecular formula is C19H15Cl2N5O2. The summed E-state index contributed by atoms with van der Waals surface area (Å²) in [6, 6.07) is 10.9. The number of benzene rings is 2. The van der Waals surface area contributed by atoms with Gasteiger partial charge in [0, 0.05) is 10.7 Å². The highest BCUT2D eigenvalue weighted by Crippen LogP contribution is 2.36. The summed E-state index contributed by atoms with van der Waals surface area (Å²) < 4.78 is 1.59. The monoisotopic (exact) mass is 415 g/mol. The van der Waals surface area contributed by atoms with Gasteiger partial charge in [0.05, 0.1) is 16.3 Å². The molecule has 28 heavy (non-hydrogen) atoms. The maximum Gasteiger partial charge on any atom is 0.255 e. The van der Waals surface area contributed by atoms with E-state index in [1.807, 2.05) is 6.07 Å². The number of aromatic nitrogens is 3. The van der Waals surface area contributed by atoms with Gasteiger partial charge in [0.2, 0.25) is 5.95 Å². The first-order valence-electron chi connectivity index (χ1n) is 8.36. The number of halogens is 2. The summed E-state index contributed by atoms with van der Waals surface area (Å²) >= 11 is 12.2. The van der Waals surface area contributed by atoms with Gasteiger partial charge >= 0.3 is 0 Å². The van der Waals surface area contributed by atoms with E-state index in [9.17, 15) is 9.90 Å². The van der Waals surface area contributed by atoms with E-state index in [2.05, 4.69) is 20.7 Å². The Balaban J connectivity index is 1.78. The van der Waals surface area contributed by atoms with E-state index in [1.54, 1.807) is 48.0 Å². The number of nitrogens with one attached hydrogen (secondary N) is 2. The van der Waals surface area contributed by atoms with Crippen LogP contribution < -0.4 is 10.6 Å². The zero-order valence-electron chi connectivity index (χ0n) is 14.6. The normalized spacial score (nSPS) is 15.8. The molecule has 3 aromatic rings. The van der Waals surface area contributed by atoms with Crippen molar-refractivity contribution < 1.29 is 9.90 Å². The van der Waals surface area contributed by atoms with Gasteiger partial charge < -0.3 is 15.7 Å². The molecule has 1 unspecified atom stereocenters. The predicted molar refractivity (Wildman–Crippen MR) is 108 cm³/mol. The van der Waals surface area contributed by atoms with Crippen LogP contribution in [0.5, 0.6) is 5.75 Å². The minimum Gasteiger partial charge on any atom is -0.508 e. The van der Waals surface area contributed by atoms with Gasteiger partial charge in [-0.15, -0.1) is 0 Å². The van der Waals surface area contributed by atoms with Gasteiger partial charge in [-0.25, -0.2) is 4.68 Å². The molecule has 3 N–H and O–H groups in total. The molecule has 0 bridgehead atoms. The van der Waals surface area contributed by atoms with E-state index < -0.39 is 6.04 Å². The third-order valence-corrected chi connectivity index (χ3v) is 4.97. The van der Waals surface area contributed by atoms with Crippen molar-refractivity contribution >= 4 is 40.7 Å². The number of aromatic hydroxyl groups is 1. The minimum atomic E-state index is -0.580. The van der Waals surface area contributed by atoms with Crippen molar-refractivity contribution in [3.05, 3.63) is 75.7 Å². The molecule has 1 amide bonds. The van der Waals surface area contributed by atoms with Crippen LogP contribution in [-0.2, 0) is 4.79 Å². The molecule has 0 radical (unpaired) electrons. The van der Waals surface area contributed by atoms with Crippen molar-refractivity contribution in [2.24, 2.45) is 0 Å². The summed E-state index contributed by atoms with van der Waals surface area (Å²) in [5.41, 5.74) is 2.12. The van der Waals surface area contributed by atoms with Gasteiger partial charge in [0.25, 0.3) is 5.91 Å². The molecule has 2 heterocycles. The first kappa shape index (κ1) is 18.3. The van der Waals surface area contributed by atoms with Crippen molar-refractivity contribution in [2.75, 3.05) is 10.6 Å². The molecular weight excluding hydrogens is 401 g/mol. The first-order chi connectivity index (χ1) is 13.4. The fourth-order valence-corrected chi connectivity index (χ4v) is 3.51. The standard InChI is InChI=1S/C19H15Cl2N5O2/c1-10-16(18(28)25-15-8-12(20)5-6-14(15)21)17(11-3-2-4-13(27)7-11)26-19(24-10)22-9-23-26/h2-9,17,27H,1H3,(H,25,28)(H,22,23,24). The number of carbonyl (C=O) groups excluding carboxylic acids is 1. The predicted octanol–water partition coefficient (Wildman–Crippen LogP) is 4.22. The summed E-state index contributed by atoms with van der Waals surface area (Å²) in [4.78, 5) is 17.4. The topological polar surface area (TPSA) is 92.1 Å². The van der Waals surface area contributed by atoms with Gasteiger partial charge in [0.1, 0.15) is 18.1 Å². The summed E-state index contributed by atoms with van der Waals surface area (Å²) in [7, 11) is 0. The van der Waals surface area contributed by atoms with Crippen molar-refractivity contribution in [1.82, 2.24) is 14.8 Å². The molecule has 0 aliphatic carbocycles. The molecule has 142 valence electrons. The highest BCUT2D eigenvalue weighted by atomic mass is 35.5. The molecule has 4 rings (SSSR count). The summed E-state index contributed by atoms with van der Waals surface area (Å²) in [6.07, 6.45) is 1.40. The molecule has 0 spiro atoms. The van der Waals surface area contributed by atoms with Crippen molar-refractivity contribution in [3.8, 4) is 5.75 Å². The van der Waals surface area contributed by atoms with E-state index in [4.69, 9.17) is 23.2 Å². The number of anilines is 2. The maximum absolute atomic E-state index is 13.2. The van der Waals surface area contributed by atoms with Crippen LogP contribution in [-0.4, -0.2) is 25.8 Å².